The lowest BCUT2D eigenvalue weighted by molar-refractivity contribution is -0.121. The van der Waals surface area contributed by atoms with Gasteiger partial charge in [-0.1, -0.05) is 12.1 Å². The van der Waals surface area contributed by atoms with Crippen LogP contribution in [-0.2, 0) is 21.5 Å². The van der Waals surface area contributed by atoms with Gasteiger partial charge in [0.05, 0.1) is 5.41 Å². The molecule has 1 aromatic heterocycles. The molecule has 3 aromatic rings. The number of carbonyl (C=O) groups excluding carboxylic acids is 2. The van der Waals surface area contributed by atoms with E-state index in [4.69, 9.17) is 4.74 Å². The van der Waals surface area contributed by atoms with Crippen LogP contribution in [0, 0.1) is 20.8 Å². The molecule has 8 nitrogen and oxygen atoms in total. The van der Waals surface area contributed by atoms with Crippen LogP contribution in [0.5, 0.6) is 0 Å². The lowest BCUT2D eigenvalue weighted by atomic mass is 9.76. The number of thioether (sulfide) groups is 1. The molecule has 0 radical (unpaired) electrons. The molecule has 2 saturated heterocycles. The number of rotatable bonds is 7. The molecular formula is C35H42N4O4S. The Kier molecular flexibility index (Phi) is 8.61. The van der Waals surface area contributed by atoms with Gasteiger partial charge in [0.2, 0.25) is 5.91 Å². The highest BCUT2D eigenvalue weighted by Gasteiger charge is 2.47. The molecule has 2 amide bonds. The van der Waals surface area contributed by atoms with Crippen LogP contribution in [-0.4, -0.2) is 54.1 Å². The summed E-state index contributed by atoms with van der Waals surface area (Å²) in [5.74, 6) is 1.86. The lowest BCUT2D eigenvalue weighted by Crippen LogP contribution is -2.40. The molecule has 0 bridgehead atoms. The van der Waals surface area contributed by atoms with Crippen molar-refractivity contribution in [1.29, 1.82) is 0 Å². The molecule has 4 heterocycles. The number of anilines is 2. The number of pyridine rings is 1. The van der Waals surface area contributed by atoms with E-state index >= 15 is 0 Å². The van der Waals surface area contributed by atoms with Crippen molar-refractivity contribution in [3.05, 3.63) is 80.3 Å². The summed E-state index contributed by atoms with van der Waals surface area (Å²) in [5, 5.41) is 6.22. The minimum atomic E-state index is -0.434. The first-order valence-corrected chi connectivity index (χ1v) is 16.9. The molecule has 6 rings (SSSR count). The SMILES string of the molecule is CCN(c1cc(-c2ccc3c(c2)NC(=O)C32CCSCC2)cc(C(=O)NCc2c(C)cc(C)[nH]c2=O)c1C)C1CCOCC1. The van der Waals surface area contributed by atoms with Gasteiger partial charge >= 0.3 is 0 Å². The first kappa shape index (κ1) is 30.5. The Morgan fingerprint density at radius 2 is 1.80 bits per heavy atom. The zero-order chi connectivity index (χ0) is 31.0. The second-order valence-electron chi connectivity index (χ2n) is 12.3. The van der Waals surface area contributed by atoms with Crippen LogP contribution < -0.4 is 21.1 Å². The number of hydrogen-bond acceptors (Lipinski definition) is 6. The second-order valence-corrected chi connectivity index (χ2v) is 13.6. The van der Waals surface area contributed by atoms with Gasteiger partial charge in [0.15, 0.2) is 0 Å². The Bertz CT molecular complexity index is 1650. The Balaban J connectivity index is 1.39. The third-order valence-electron chi connectivity index (χ3n) is 9.72. The minimum absolute atomic E-state index is 0.104. The van der Waals surface area contributed by atoms with Crippen LogP contribution in [0.3, 0.4) is 0 Å². The fourth-order valence-corrected chi connectivity index (χ4v) is 8.40. The largest absolute Gasteiger partial charge is 0.381 e. The number of H-pyrrole nitrogens is 1. The third kappa shape index (κ3) is 5.56. The van der Waals surface area contributed by atoms with Crippen molar-refractivity contribution in [2.24, 2.45) is 0 Å². The maximum atomic E-state index is 13.9. The number of fused-ring (bicyclic) bond motifs is 2. The molecule has 0 aliphatic carbocycles. The summed E-state index contributed by atoms with van der Waals surface area (Å²) in [7, 11) is 0. The Labute approximate surface area is 263 Å². The minimum Gasteiger partial charge on any atom is -0.381 e. The number of ether oxygens (including phenoxy) is 1. The number of aryl methyl sites for hydroxylation is 2. The lowest BCUT2D eigenvalue weighted by Gasteiger charge is -2.37. The first-order valence-electron chi connectivity index (χ1n) is 15.7. The van der Waals surface area contributed by atoms with Gasteiger partial charge in [-0.25, -0.2) is 0 Å². The van der Waals surface area contributed by atoms with Gasteiger partial charge in [0.1, 0.15) is 0 Å². The van der Waals surface area contributed by atoms with Crippen molar-refractivity contribution in [2.45, 2.75) is 71.4 Å². The van der Waals surface area contributed by atoms with E-state index in [1.807, 2.05) is 44.7 Å². The molecule has 3 aliphatic rings. The summed E-state index contributed by atoms with van der Waals surface area (Å²) in [5.41, 5.74) is 7.93. The fourth-order valence-electron chi connectivity index (χ4n) is 7.21. The highest BCUT2D eigenvalue weighted by atomic mass is 32.2. The number of aromatic nitrogens is 1. The second kappa shape index (κ2) is 12.4. The molecule has 1 spiro atoms. The number of carbonyl (C=O) groups is 2. The molecule has 0 saturated carbocycles. The Morgan fingerprint density at radius 1 is 1.05 bits per heavy atom. The molecule has 2 aromatic carbocycles. The van der Waals surface area contributed by atoms with E-state index in [2.05, 4.69) is 51.7 Å². The van der Waals surface area contributed by atoms with Gasteiger partial charge in [-0.2, -0.15) is 11.8 Å². The summed E-state index contributed by atoms with van der Waals surface area (Å²) in [6.45, 7) is 10.3. The van der Waals surface area contributed by atoms with E-state index in [1.165, 1.54) is 0 Å². The predicted octanol–water partition coefficient (Wildman–Crippen LogP) is 5.62. The summed E-state index contributed by atoms with van der Waals surface area (Å²) in [6.07, 6.45) is 3.57. The summed E-state index contributed by atoms with van der Waals surface area (Å²) >= 11 is 1.91. The van der Waals surface area contributed by atoms with Crippen molar-refractivity contribution < 1.29 is 14.3 Å². The molecule has 232 valence electrons. The van der Waals surface area contributed by atoms with Crippen LogP contribution >= 0.6 is 11.8 Å². The average molecular weight is 615 g/mol. The third-order valence-corrected chi connectivity index (χ3v) is 10.7. The van der Waals surface area contributed by atoms with Crippen molar-refractivity contribution >= 4 is 35.0 Å². The summed E-state index contributed by atoms with van der Waals surface area (Å²) < 4.78 is 5.66. The number of benzene rings is 2. The summed E-state index contributed by atoms with van der Waals surface area (Å²) in [6, 6.07) is 12.6. The van der Waals surface area contributed by atoms with Crippen LogP contribution in [0.2, 0.25) is 0 Å². The van der Waals surface area contributed by atoms with Crippen LogP contribution in [0.15, 0.2) is 41.2 Å². The van der Waals surface area contributed by atoms with E-state index in [-0.39, 0.29) is 23.9 Å². The molecule has 0 unspecified atom stereocenters. The van der Waals surface area contributed by atoms with E-state index in [9.17, 15) is 14.4 Å². The van der Waals surface area contributed by atoms with E-state index in [1.54, 1.807) is 0 Å². The Hall–Kier alpha value is -3.56. The van der Waals surface area contributed by atoms with E-state index in [0.29, 0.717) is 17.2 Å². The van der Waals surface area contributed by atoms with Gasteiger partial charge in [-0.05, 0) is 117 Å². The van der Waals surface area contributed by atoms with Crippen molar-refractivity contribution in [2.75, 3.05) is 41.5 Å². The summed E-state index contributed by atoms with van der Waals surface area (Å²) in [4.78, 5) is 45.0. The monoisotopic (exact) mass is 614 g/mol. The van der Waals surface area contributed by atoms with Crippen molar-refractivity contribution in [3.63, 3.8) is 0 Å². The van der Waals surface area contributed by atoms with Crippen LogP contribution in [0.4, 0.5) is 11.4 Å². The number of nitrogens with zero attached hydrogens (tertiary/aromatic N) is 1. The zero-order valence-corrected chi connectivity index (χ0v) is 26.9. The van der Waals surface area contributed by atoms with Gasteiger partial charge < -0.3 is 25.3 Å². The number of amides is 2. The molecular weight excluding hydrogens is 572 g/mol. The number of nitrogens with one attached hydrogen (secondary N) is 3. The first-order chi connectivity index (χ1) is 21.2. The Morgan fingerprint density at radius 3 is 2.50 bits per heavy atom. The highest BCUT2D eigenvalue weighted by Crippen LogP contribution is 2.48. The normalized spacial score (nSPS) is 17.8. The van der Waals surface area contributed by atoms with Crippen molar-refractivity contribution in [1.82, 2.24) is 10.3 Å². The van der Waals surface area contributed by atoms with Gasteiger partial charge in [0, 0.05) is 60.5 Å². The molecule has 2 fully saturated rings. The molecule has 9 heteroatoms. The fraction of sp³-hybridized carbons (Fsp3) is 0.457. The maximum Gasteiger partial charge on any atom is 0.253 e. The quantitative estimate of drug-likeness (QED) is 0.319. The smallest absolute Gasteiger partial charge is 0.253 e. The molecule has 0 atom stereocenters. The topological polar surface area (TPSA) is 104 Å². The zero-order valence-electron chi connectivity index (χ0n) is 26.1. The van der Waals surface area contributed by atoms with Gasteiger partial charge in [-0.3, -0.25) is 14.4 Å². The van der Waals surface area contributed by atoms with E-state index in [0.717, 1.165) is 102 Å². The van der Waals surface area contributed by atoms with Crippen molar-refractivity contribution in [3.8, 4) is 11.1 Å². The maximum absolute atomic E-state index is 13.9. The molecule has 44 heavy (non-hydrogen) atoms. The average Bonchev–Trinajstić information content (AvgIpc) is 3.27. The predicted molar refractivity (Wildman–Crippen MR) is 178 cm³/mol. The van der Waals surface area contributed by atoms with Crippen LogP contribution in [0.1, 0.15) is 70.9 Å². The van der Waals surface area contributed by atoms with Gasteiger partial charge in [-0.15, -0.1) is 0 Å². The number of hydrogen-bond donors (Lipinski definition) is 3. The molecule has 3 aliphatic heterocycles. The van der Waals surface area contributed by atoms with Gasteiger partial charge in [0.25, 0.3) is 11.5 Å². The number of aromatic amines is 1. The van der Waals surface area contributed by atoms with E-state index < -0.39 is 5.41 Å². The standard InChI is InChI=1S/C35H42N4O4S/c1-5-39(26-8-12-43-13-9-26)31-19-25(24-6-7-29-30(18-24)38-34(42)35(29)10-14-44-15-11-35)17-27(23(31)4)32(40)36-20-28-21(2)16-22(3)37-33(28)41/h6-7,16-19,26H,5,8-15,20H2,1-4H3,(H,36,40)(H,37,41)(H,38,42). The highest BCUT2D eigenvalue weighted by molar-refractivity contribution is 7.99. The van der Waals surface area contributed by atoms with Crippen LogP contribution in [0.25, 0.3) is 11.1 Å². The molecule has 3 N–H and O–H groups in total.